The number of carbonyl (C=O) groups excluding carboxylic acids is 1. The highest BCUT2D eigenvalue weighted by atomic mass is 35.5. The van der Waals surface area contributed by atoms with Gasteiger partial charge in [-0.3, -0.25) is 9.59 Å². The Balaban J connectivity index is 1.44. The van der Waals surface area contributed by atoms with Crippen LogP contribution in [0.4, 0.5) is 15.9 Å². The molecule has 33 heavy (non-hydrogen) atoms. The van der Waals surface area contributed by atoms with Crippen molar-refractivity contribution in [2.24, 2.45) is 5.92 Å². The van der Waals surface area contributed by atoms with Gasteiger partial charge < -0.3 is 15.0 Å². The molecular formula is C24H24ClFN4O3. The Morgan fingerprint density at radius 1 is 1.18 bits per heavy atom. The van der Waals surface area contributed by atoms with Crippen LogP contribution in [0.1, 0.15) is 18.4 Å². The van der Waals surface area contributed by atoms with Gasteiger partial charge in [0.15, 0.2) is 0 Å². The molecule has 0 spiro atoms. The zero-order valence-electron chi connectivity index (χ0n) is 18.3. The van der Waals surface area contributed by atoms with Crippen molar-refractivity contribution in [1.82, 2.24) is 9.78 Å². The summed E-state index contributed by atoms with van der Waals surface area (Å²) >= 11 is 6.15. The number of hydrogen-bond donors (Lipinski definition) is 1. The van der Waals surface area contributed by atoms with Gasteiger partial charge in [0.05, 0.1) is 18.5 Å². The minimum absolute atomic E-state index is 0.0765. The second-order valence-electron chi connectivity index (χ2n) is 7.97. The summed E-state index contributed by atoms with van der Waals surface area (Å²) in [6, 6.07) is 12.3. The van der Waals surface area contributed by atoms with Gasteiger partial charge in [-0.2, -0.15) is 4.68 Å². The number of ether oxygens (including phenoxy) is 1. The maximum Gasteiger partial charge on any atom is 0.271 e. The molecule has 1 aromatic heterocycles. The van der Waals surface area contributed by atoms with E-state index >= 15 is 0 Å². The van der Waals surface area contributed by atoms with Crippen molar-refractivity contribution in [3.8, 4) is 11.4 Å². The maximum absolute atomic E-state index is 13.6. The van der Waals surface area contributed by atoms with Crippen molar-refractivity contribution < 1.29 is 13.9 Å². The molecule has 1 saturated heterocycles. The SMILES string of the molecule is COc1cc(Cl)c(C)cc1NC(=O)C1CCN(c2ccc(=O)n(-c3cccc(F)c3)n2)CC1. The van der Waals surface area contributed by atoms with E-state index in [0.29, 0.717) is 53.9 Å². The van der Waals surface area contributed by atoms with Crippen molar-refractivity contribution in [1.29, 1.82) is 0 Å². The van der Waals surface area contributed by atoms with E-state index in [4.69, 9.17) is 16.3 Å². The van der Waals surface area contributed by atoms with Crippen molar-refractivity contribution in [2.75, 3.05) is 30.4 Å². The number of aromatic nitrogens is 2. The lowest BCUT2D eigenvalue weighted by Crippen LogP contribution is -2.39. The van der Waals surface area contributed by atoms with Crippen molar-refractivity contribution >= 4 is 29.0 Å². The number of nitrogens with one attached hydrogen (secondary N) is 1. The molecule has 1 fully saturated rings. The molecule has 1 N–H and O–H groups in total. The van der Waals surface area contributed by atoms with Crippen LogP contribution in [0.5, 0.6) is 5.75 Å². The molecule has 7 nitrogen and oxygen atoms in total. The number of methoxy groups -OCH3 is 1. The fraction of sp³-hybridized carbons (Fsp3) is 0.292. The summed E-state index contributed by atoms with van der Waals surface area (Å²) in [6.07, 6.45) is 1.25. The molecule has 2 aromatic carbocycles. The van der Waals surface area contributed by atoms with Gasteiger partial charge in [-0.05, 0) is 55.7 Å². The second-order valence-corrected chi connectivity index (χ2v) is 8.38. The molecule has 0 radical (unpaired) electrons. The van der Waals surface area contributed by atoms with Crippen LogP contribution >= 0.6 is 11.6 Å². The summed E-state index contributed by atoms with van der Waals surface area (Å²) in [5.74, 6) is 0.433. The standard InChI is InChI=1S/C24H24ClFN4O3/c1-15-12-20(21(33-2)14-19(15)25)27-24(32)16-8-10-29(11-9-16)22-6-7-23(31)30(28-22)18-5-3-4-17(26)13-18/h3-7,12-14,16H,8-11H2,1-2H3,(H,27,32). The lowest BCUT2D eigenvalue weighted by molar-refractivity contribution is -0.120. The van der Waals surface area contributed by atoms with Crippen LogP contribution in [0.2, 0.25) is 5.02 Å². The molecule has 4 rings (SSSR count). The van der Waals surface area contributed by atoms with E-state index in [-0.39, 0.29) is 17.4 Å². The topological polar surface area (TPSA) is 76.5 Å². The molecule has 9 heteroatoms. The van der Waals surface area contributed by atoms with E-state index in [9.17, 15) is 14.0 Å². The van der Waals surface area contributed by atoms with E-state index in [2.05, 4.69) is 10.4 Å². The lowest BCUT2D eigenvalue weighted by Gasteiger charge is -2.32. The van der Waals surface area contributed by atoms with Crippen LogP contribution in [0, 0.1) is 18.7 Å². The predicted octanol–water partition coefficient (Wildman–Crippen LogP) is 4.20. The maximum atomic E-state index is 13.6. The molecule has 0 aliphatic carbocycles. The highest BCUT2D eigenvalue weighted by molar-refractivity contribution is 6.31. The quantitative estimate of drug-likeness (QED) is 0.605. The zero-order valence-corrected chi connectivity index (χ0v) is 19.1. The van der Waals surface area contributed by atoms with Crippen LogP contribution < -0.4 is 20.5 Å². The summed E-state index contributed by atoms with van der Waals surface area (Å²) in [4.78, 5) is 27.2. The molecule has 1 aliphatic heterocycles. The number of rotatable bonds is 5. The number of anilines is 2. The van der Waals surface area contributed by atoms with Crippen LogP contribution in [0.25, 0.3) is 5.69 Å². The van der Waals surface area contributed by atoms with Gasteiger partial charge in [-0.25, -0.2) is 4.39 Å². The Bertz CT molecular complexity index is 1240. The Labute approximate surface area is 195 Å². The van der Waals surface area contributed by atoms with Crippen LogP contribution in [-0.2, 0) is 4.79 Å². The first kappa shape index (κ1) is 22.8. The fourth-order valence-electron chi connectivity index (χ4n) is 3.90. The Morgan fingerprint density at radius 3 is 2.64 bits per heavy atom. The van der Waals surface area contributed by atoms with Crippen molar-refractivity contribution in [3.63, 3.8) is 0 Å². The zero-order chi connectivity index (χ0) is 23.5. The number of hydrogen-bond acceptors (Lipinski definition) is 5. The average Bonchev–Trinajstić information content (AvgIpc) is 2.81. The van der Waals surface area contributed by atoms with Gasteiger partial charge in [0.1, 0.15) is 17.4 Å². The van der Waals surface area contributed by atoms with E-state index in [1.54, 1.807) is 24.3 Å². The molecule has 0 unspecified atom stereocenters. The second kappa shape index (κ2) is 9.62. The van der Waals surface area contributed by atoms with Crippen LogP contribution in [-0.4, -0.2) is 35.9 Å². The largest absolute Gasteiger partial charge is 0.495 e. The fourth-order valence-corrected chi connectivity index (χ4v) is 4.05. The first-order valence-electron chi connectivity index (χ1n) is 10.6. The van der Waals surface area contributed by atoms with Gasteiger partial charge in [0.25, 0.3) is 5.56 Å². The number of piperidine rings is 1. The molecule has 0 atom stereocenters. The third-order valence-electron chi connectivity index (χ3n) is 5.77. The summed E-state index contributed by atoms with van der Waals surface area (Å²) < 4.78 is 20.1. The normalized spacial score (nSPS) is 14.2. The number of halogens is 2. The van der Waals surface area contributed by atoms with E-state index in [0.717, 1.165) is 5.56 Å². The first-order valence-corrected chi connectivity index (χ1v) is 11.0. The third-order valence-corrected chi connectivity index (χ3v) is 6.17. The number of carbonyl (C=O) groups is 1. The summed E-state index contributed by atoms with van der Waals surface area (Å²) in [5.41, 5.74) is 1.46. The van der Waals surface area contributed by atoms with Crippen molar-refractivity contribution in [3.05, 3.63) is 75.3 Å². The van der Waals surface area contributed by atoms with Crippen LogP contribution in [0.3, 0.4) is 0 Å². The van der Waals surface area contributed by atoms with Crippen LogP contribution in [0.15, 0.2) is 53.3 Å². The summed E-state index contributed by atoms with van der Waals surface area (Å²) in [6.45, 7) is 3.07. The number of amides is 1. The predicted molar refractivity (Wildman–Crippen MR) is 126 cm³/mol. The number of aryl methyl sites for hydroxylation is 1. The van der Waals surface area contributed by atoms with E-state index in [1.807, 2.05) is 11.8 Å². The molecule has 1 amide bonds. The average molecular weight is 471 g/mol. The minimum Gasteiger partial charge on any atom is -0.495 e. The van der Waals surface area contributed by atoms with Gasteiger partial charge in [0.2, 0.25) is 5.91 Å². The number of nitrogens with zero attached hydrogens (tertiary/aromatic N) is 3. The Kier molecular flexibility index (Phi) is 6.65. The number of benzene rings is 2. The molecule has 1 aliphatic rings. The summed E-state index contributed by atoms with van der Waals surface area (Å²) in [7, 11) is 1.53. The molecule has 0 bridgehead atoms. The van der Waals surface area contributed by atoms with Gasteiger partial charge in [-0.15, -0.1) is 5.10 Å². The van der Waals surface area contributed by atoms with Gasteiger partial charge in [-0.1, -0.05) is 17.7 Å². The Morgan fingerprint density at radius 2 is 1.94 bits per heavy atom. The van der Waals surface area contributed by atoms with E-state index < -0.39 is 5.82 Å². The Hall–Kier alpha value is -3.39. The van der Waals surface area contributed by atoms with Gasteiger partial charge in [0, 0.05) is 36.2 Å². The molecule has 0 saturated carbocycles. The molecule has 3 aromatic rings. The highest BCUT2D eigenvalue weighted by Crippen LogP contribution is 2.32. The third kappa shape index (κ3) is 5.01. The molecule has 172 valence electrons. The van der Waals surface area contributed by atoms with Crippen molar-refractivity contribution in [2.45, 2.75) is 19.8 Å². The molecular weight excluding hydrogens is 447 g/mol. The molecule has 2 heterocycles. The monoisotopic (exact) mass is 470 g/mol. The highest BCUT2D eigenvalue weighted by Gasteiger charge is 2.27. The first-order chi connectivity index (χ1) is 15.9. The minimum atomic E-state index is -0.439. The summed E-state index contributed by atoms with van der Waals surface area (Å²) in [5, 5.41) is 7.95. The van der Waals surface area contributed by atoms with E-state index in [1.165, 1.54) is 36.1 Å². The van der Waals surface area contributed by atoms with Gasteiger partial charge >= 0.3 is 0 Å². The lowest BCUT2D eigenvalue weighted by atomic mass is 9.95. The smallest absolute Gasteiger partial charge is 0.271 e.